The van der Waals surface area contributed by atoms with Gasteiger partial charge in [-0.3, -0.25) is 14.5 Å². The highest BCUT2D eigenvalue weighted by Crippen LogP contribution is 2.30. The standard InChI is InChI=1S/C18H15F2N3O2S/c19-12-3-1-11(2-4-12)10-23-16(24)9-15(17(21)25)26-18(23)22-14-7-5-13(20)6-8-14/h1-8,15H,9-10H2,(H2,21,25). The van der Waals surface area contributed by atoms with Crippen molar-refractivity contribution in [3.8, 4) is 0 Å². The van der Waals surface area contributed by atoms with Crippen LogP contribution in [0.2, 0.25) is 0 Å². The van der Waals surface area contributed by atoms with E-state index >= 15 is 0 Å². The summed E-state index contributed by atoms with van der Waals surface area (Å²) in [5.41, 5.74) is 6.50. The van der Waals surface area contributed by atoms with Crippen LogP contribution in [0.3, 0.4) is 0 Å². The second-order valence-electron chi connectivity index (χ2n) is 5.69. The maximum absolute atomic E-state index is 13.1. The van der Waals surface area contributed by atoms with Crippen molar-refractivity contribution < 1.29 is 18.4 Å². The molecular weight excluding hydrogens is 360 g/mol. The molecule has 3 rings (SSSR count). The van der Waals surface area contributed by atoms with Gasteiger partial charge >= 0.3 is 0 Å². The number of hydrogen-bond acceptors (Lipinski definition) is 4. The second kappa shape index (κ2) is 7.65. The van der Waals surface area contributed by atoms with Crippen LogP contribution in [0.15, 0.2) is 53.5 Å². The van der Waals surface area contributed by atoms with Gasteiger partial charge in [0.05, 0.1) is 17.5 Å². The Morgan fingerprint density at radius 1 is 1.12 bits per heavy atom. The van der Waals surface area contributed by atoms with Crippen molar-refractivity contribution in [3.63, 3.8) is 0 Å². The molecule has 2 amide bonds. The van der Waals surface area contributed by atoms with E-state index < -0.39 is 17.0 Å². The van der Waals surface area contributed by atoms with Gasteiger partial charge in [0.25, 0.3) is 0 Å². The highest BCUT2D eigenvalue weighted by atomic mass is 32.2. The Morgan fingerprint density at radius 2 is 1.69 bits per heavy atom. The molecule has 1 atom stereocenters. The lowest BCUT2D eigenvalue weighted by Gasteiger charge is -2.31. The Bertz CT molecular complexity index is 854. The first kappa shape index (κ1) is 18.1. The third-order valence-electron chi connectivity index (χ3n) is 3.76. The maximum Gasteiger partial charge on any atom is 0.231 e. The van der Waals surface area contributed by atoms with Crippen LogP contribution < -0.4 is 5.73 Å². The molecule has 1 heterocycles. The third-order valence-corrected chi connectivity index (χ3v) is 4.97. The number of rotatable bonds is 4. The predicted octanol–water partition coefficient (Wildman–Crippen LogP) is 2.97. The largest absolute Gasteiger partial charge is 0.369 e. The van der Waals surface area contributed by atoms with Gasteiger partial charge in [0.15, 0.2) is 5.17 Å². The number of nitrogens with two attached hydrogens (primary N) is 1. The smallest absolute Gasteiger partial charge is 0.231 e. The van der Waals surface area contributed by atoms with Crippen molar-refractivity contribution in [2.45, 2.75) is 18.2 Å². The molecule has 2 aromatic carbocycles. The average Bonchev–Trinajstić information content (AvgIpc) is 2.61. The molecule has 0 radical (unpaired) electrons. The molecular formula is C18H15F2N3O2S. The van der Waals surface area contributed by atoms with Gasteiger partial charge in [0.1, 0.15) is 11.6 Å². The molecule has 5 nitrogen and oxygen atoms in total. The first-order valence-electron chi connectivity index (χ1n) is 7.77. The molecule has 134 valence electrons. The first-order valence-corrected chi connectivity index (χ1v) is 8.65. The molecule has 8 heteroatoms. The van der Waals surface area contributed by atoms with Crippen molar-refractivity contribution in [3.05, 3.63) is 65.7 Å². The van der Waals surface area contributed by atoms with Crippen LogP contribution in [0, 0.1) is 11.6 Å². The lowest BCUT2D eigenvalue weighted by molar-refractivity contribution is -0.130. The molecule has 1 aliphatic heterocycles. The molecule has 0 aromatic heterocycles. The quantitative estimate of drug-likeness (QED) is 0.893. The van der Waals surface area contributed by atoms with Gasteiger partial charge in [-0.05, 0) is 42.0 Å². The van der Waals surface area contributed by atoms with E-state index in [2.05, 4.69) is 4.99 Å². The van der Waals surface area contributed by atoms with Crippen molar-refractivity contribution in [1.82, 2.24) is 4.90 Å². The summed E-state index contributed by atoms with van der Waals surface area (Å²) in [4.78, 5) is 29.8. The average molecular weight is 375 g/mol. The Morgan fingerprint density at radius 3 is 2.27 bits per heavy atom. The predicted molar refractivity (Wildman–Crippen MR) is 95.6 cm³/mol. The normalized spacial score (nSPS) is 19.0. The monoisotopic (exact) mass is 375 g/mol. The third kappa shape index (κ3) is 4.26. The number of halogens is 2. The molecule has 1 unspecified atom stereocenters. The van der Waals surface area contributed by atoms with E-state index in [1.165, 1.54) is 41.3 Å². The summed E-state index contributed by atoms with van der Waals surface area (Å²) < 4.78 is 26.2. The molecule has 2 aromatic rings. The van der Waals surface area contributed by atoms with Crippen LogP contribution in [-0.2, 0) is 16.1 Å². The Balaban J connectivity index is 1.92. The van der Waals surface area contributed by atoms with Crippen LogP contribution in [0.5, 0.6) is 0 Å². The molecule has 0 saturated carbocycles. The number of benzene rings is 2. The van der Waals surface area contributed by atoms with E-state index in [-0.39, 0.29) is 24.7 Å². The van der Waals surface area contributed by atoms with E-state index in [1.807, 2.05) is 0 Å². The minimum atomic E-state index is -0.717. The summed E-state index contributed by atoms with van der Waals surface area (Å²) in [5.74, 6) is -1.68. The molecule has 0 aliphatic carbocycles. The number of amidine groups is 1. The Labute approximate surface area is 152 Å². The van der Waals surface area contributed by atoms with Gasteiger partial charge in [-0.1, -0.05) is 23.9 Å². The fourth-order valence-corrected chi connectivity index (χ4v) is 3.46. The molecule has 1 saturated heterocycles. The van der Waals surface area contributed by atoms with Crippen molar-refractivity contribution >= 4 is 34.4 Å². The minimum absolute atomic E-state index is 0.0381. The van der Waals surface area contributed by atoms with Gasteiger partial charge in [-0.15, -0.1) is 0 Å². The summed E-state index contributed by atoms with van der Waals surface area (Å²) in [7, 11) is 0. The van der Waals surface area contributed by atoms with E-state index in [9.17, 15) is 18.4 Å². The van der Waals surface area contributed by atoms with E-state index in [1.54, 1.807) is 12.1 Å². The lowest BCUT2D eigenvalue weighted by Crippen LogP contribution is -2.45. The lowest BCUT2D eigenvalue weighted by atomic mass is 10.2. The number of thioether (sulfide) groups is 1. The van der Waals surface area contributed by atoms with Gasteiger partial charge in [0, 0.05) is 6.42 Å². The zero-order valence-electron chi connectivity index (χ0n) is 13.6. The van der Waals surface area contributed by atoms with Gasteiger partial charge in [-0.25, -0.2) is 13.8 Å². The highest BCUT2D eigenvalue weighted by Gasteiger charge is 2.34. The molecule has 26 heavy (non-hydrogen) atoms. The number of primary amides is 1. The zero-order valence-corrected chi connectivity index (χ0v) is 14.4. The van der Waals surface area contributed by atoms with Crippen LogP contribution >= 0.6 is 11.8 Å². The van der Waals surface area contributed by atoms with E-state index in [0.717, 1.165) is 11.8 Å². The molecule has 0 spiro atoms. The SMILES string of the molecule is NC(=O)C1CC(=O)N(Cc2ccc(F)cc2)C(=Nc2ccc(F)cc2)S1. The fourth-order valence-electron chi connectivity index (χ4n) is 2.41. The summed E-state index contributed by atoms with van der Waals surface area (Å²) in [6.45, 7) is 0.178. The summed E-state index contributed by atoms with van der Waals surface area (Å²) in [5, 5.41) is -0.424. The number of carbonyl (C=O) groups excluding carboxylic acids is 2. The summed E-state index contributed by atoms with van der Waals surface area (Å²) in [6.07, 6.45) is -0.0381. The van der Waals surface area contributed by atoms with Gasteiger partial charge in [0.2, 0.25) is 11.8 Å². The Hall–Kier alpha value is -2.74. The van der Waals surface area contributed by atoms with Crippen molar-refractivity contribution in [1.29, 1.82) is 0 Å². The van der Waals surface area contributed by atoms with Crippen molar-refractivity contribution in [2.75, 3.05) is 0 Å². The fraction of sp³-hybridized carbons (Fsp3) is 0.167. The van der Waals surface area contributed by atoms with Crippen LogP contribution in [0.1, 0.15) is 12.0 Å². The van der Waals surface area contributed by atoms with Crippen molar-refractivity contribution in [2.24, 2.45) is 10.7 Å². The number of aliphatic imine (C=N–C) groups is 1. The topological polar surface area (TPSA) is 75.8 Å². The number of carbonyl (C=O) groups is 2. The molecule has 1 aliphatic rings. The molecule has 0 bridgehead atoms. The summed E-state index contributed by atoms with van der Waals surface area (Å²) >= 11 is 1.09. The first-order chi connectivity index (χ1) is 12.4. The molecule has 2 N–H and O–H groups in total. The summed E-state index contributed by atoms with van der Waals surface area (Å²) in [6, 6.07) is 11.2. The van der Waals surface area contributed by atoms with E-state index in [0.29, 0.717) is 16.4 Å². The zero-order chi connectivity index (χ0) is 18.7. The maximum atomic E-state index is 13.1. The van der Waals surface area contributed by atoms with Gasteiger partial charge < -0.3 is 5.73 Å². The highest BCUT2D eigenvalue weighted by molar-refractivity contribution is 8.15. The molecule has 1 fully saturated rings. The van der Waals surface area contributed by atoms with Crippen LogP contribution in [0.25, 0.3) is 0 Å². The number of nitrogens with zero attached hydrogens (tertiary/aromatic N) is 2. The van der Waals surface area contributed by atoms with Gasteiger partial charge in [-0.2, -0.15) is 0 Å². The number of hydrogen-bond donors (Lipinski definition) is 1. The Kier molecular flexibility index (Phi) is 5.32. The van der Waals surface area contributed by atoms with E-state index in [4.69, 9.17) is 5.73 Å². The van der Waals surface area contributed by atoms with Crippen LogP contribution in [-0.4, -0.2) is 27.1 Å². The van der Waals surface area contributed by atoms with Crippen LogP contribution in [0.4, 0.5) is 14.5 Å². The minimum Gasteiger partial charge on any atom is -0.369 e. The number of amides is 2. The second-order valence-corrected chi connectivity index (χ2v) is 6.86.